The Kier molecular flexibility index (Phi) is 5.04. The summed E-state index contributed by atoms with van der Waals surface area (Å²) in [5.74, 6) is 1.42. The van der Waals surface area contributed by atoms with Crippen molar-refractivity contribution in [3.05, 3.63) is 51.8 Å². The molecule has 0 unspecified atom stereocenters. The Morgan fingerprint density at radius 3 is 2.71 bits per heavy atom. The lowest BCUT2D eigenvalue weighted by molar-refractivity contribution is 0.257. The normalized spacial score (nSPS) is 10.5. The molecule has 5 heteroatoms. The second-order valence-electron chi connectivity index (χ2n) is 4.74. The molecule has 0 aliphatic carbocycles. The third-order valence-electron chi connectivity index (χ3n) is 3.31. The van der Waals surface area contributed by atoms with Gasteiger partial charge in [0.05, 0.1) is 19.4 Å². The van der Waals surface area contributed by atoms with Crippen LogP contribution in [-0.2, 0) is 13.2 Å². The van der Waals surface area contributed by atoms with Crippen LogP contribution < -0.4 is 9.47 Å². The number of aliphatic hydroxyl groups is 1. The van der Waals surface area contributed by atoms with Gasteiger partial charge < -0.3 is 14.6 Å². The van der Waals surface area contributed by atoms with Crippen molar-refractivity contribution in [1.29, 1.82) is 0 Å². The molecule has 1 heterocycles. The number of benzene rings is 1. The highest BCUT2D eigenvalue weighted by atomic mass is 35.5. The van der Waals surface area contributed by atoms with Gasteiger partial charge in [-0.2, -0.15) is 0 Å². The first-order valence-electron chi connectivity index (χ1n) is 6.58. The van der Waals surface area contributed by atoms with Crippen LogP contribution >= 0.6 is 11.6 Å². The van der Waals surface area contributed by atoms with Gasteiger partial charge >= 0.3 is 0 Å². The zero-order valence-electron chi connectivity index (χ0n) is 12.3. The summed E-state index contributed by atoms with van der Waals surface area (Å²) in [6.45, 7) is 4.08. The molecule has 0 saturated heterocycles. The van der Waals surface area contributed by atoms with E-state index in [1.807, 2.05) is 13.8 Å². The van der Waals surface area contributed by atoms with E-state index in [9.17, 15) is 5.11 Å². The first-order chi connectivity index (χ1) is 10.1. The minimum absolute atomic E-state index is 0.125. The topological polar surface area (TPSA) is 51.6 Å². The molecule has 0 aliphatic rings. The molecule has 21 heavy (non-hydrogen) atoms. The quantitative estimate of drug-likeness (QED) is 0.919. The van der Waals surface area contributed by atoms with Gasteiger partial charge in [0, 0.05) is 27.9 Å². The summed E-state index contributed by atoms with van der Waals surface area (Å²) >= 11 is 5.90. The van der Waals surface area contributed by atoms with Crippen molar-refractivity contribution in [1.82, 2.24) is 4.98 Å². The van der Waals surface area contributed by atoms with Crippen molar-refractivity contribution < 1.29 is 14.6 Å². The predicted octanol–water partition coefficient (Wildman–Crippen LogP) is 3.43. The molecule has 0 fully saturated rings. The summed E-state index contributed by atoms with van der Waals surface area (Å²) in [6, 6.07) is 5.16. The van der Waals surface area contributed by atoms with Crippen LogP contribution in [-0.4, -0.2) is 17.2 Å². The van der Waals surface area contributed by atoms with Gasteiger partial charge in [-0.3, -0.25) is 4.98 Å². The van der Waals surface area contributed by atoms with Gasteiger partial charge in [0.15, 0.2) is 0 Å². The van der Waals surface area contributed by atoms with Gasteiger partial charge in [-0.1, -0.05) is 11.6 Å². The van der Waals surface area contributed by atoms with Gasteiger partial charge in [0.25, 0.3) is 0 Å². The molecule has 0 amide bonds. The zero-order valence-corrected chi connectivity index (χ0v) is 13.1. The molecule has 1 aromatic heterocycles. The summed E-state index contributed by atoms with van der Waals surface area (Å²) in [4.78, 5) is 4.38. The van der Waals surface area contributed by atoms with Crippen molar-refractivity contribution in [3.8, 4) is 11.5 Å². The number of rotatable bonds is 5. The highest BCUT2D eigenvalue weighted by Crippen LogP contribution is 2.27. The first-order valence-corrected chi connectivity index (χ1v) is 6.95. The van der Waals surface area contributed by atoms with E-state index in [1.165, 1.54) is 0 Å². The van der Waals surface area contributed by atoms with Crippen molar-refractivity contribution >= 4 is 11.6 Å². The van der Waals surface area contributed by atoms with Crippen LogP contribution in [0.15, 0.2) is 24.4 Å². The fourth-order valence-electron chi connectivity index (χ4n) is 2.18. The first kappa shape index (κ1) is 15.6. The maximum atomic E-state index is 9.34. The van der Waals surface area contributed by atoms with E-state index in [0.717, 1.165) is 22.6 Å². The average Bonchev–Trinajstić information content (AvgIpc) is 2.48. The lowest BCUT2D eigenvalue weighted by Crippen LogP contribution is -2.05. The molecule has 112 valence electrons. The number of aliphatic hydroxyl groups excluding tert-OH is 1. The Morgan fingerprint density at radius 2 is 2.05 bits per heavy atom. The fraction of sp³-hybridized carbons (Fsp3) is 0.312. The SMILES string of the molecule is COc1c(C)cnc(COc2ccc(Cl)cc2CO)c1C. The van der Waals surface area contributed by atoms with E-state index in [4.69, 9.17) is 21.1 Å². The molecule has 0 saturated carbocycles. The third kappa shape index (κ3) is 3.46. The minimum atomic E-state index is -0.125. The molecule has 1 N–H and O–H groups in total. The van der Waals surface area contributed by atoms with E-state index in [-0.39, 0.29) is 6.61 Å². The molecule has 2 aromatic rings. The van der Waals surface area contributed by atoms with Gasteiger partial charge in [-0.15, -0.1) is 0 Å². The number of nitrogens with zero attached hydrogens (tertiary/aromatic N) is 1. The smallest absolute Gasteiger partial charge is 0.131 e. The molecule has 1 aromatic carbocycles. The van der Waals surface area contributed by atoms with Crippen LogP contribution in [0.3, 0.4) is 0 Å². The maximum Gasteiger partial charge on any atom is 0.131 e. The number of ether oxygens (including phenoxy) is 2. The predicted molar refractivity (Wildman–Crippen MR) is 82.0 cm³/mol. The summed E-state index contributed by atoms with van der Waals surface area (Å²) in [6.07, 6.45) is 1.76. The standard InChI is InChI=1S/C16H18ClNO3/c1-10-7-18-14(11(2)16(10)20-3)9-21-15-5-4-13(17)6-12(15)8-19/h4-7,19H,8-9H2,1-3H3. The molecule has 2 rings (SSSR count). The van der Waals surface area contributed by atoms with Crippen LogP contribution in [0.1, 0.15) is 22.4 Å². The summed E-state index contributed by atoms with van der Waals surface area (Å²) < 4.78 is 11.1. The summed E-state index contributed by atoms with van der Waals surface area (Å²) in [5, 5.41) is 9.91. The summed E-state index contributed by atoms with van der Waals surface area (Å²) in [7, 11) is 1.64. The Hall–Kier alpha value is -1.78. The van der Waals surface area contributed by atoms with Crippen LogP contribution in [0.2, 0.25) is 5.02 Å². The van der Waals surface area contributed by atoms with Crippen molar-refractivity contribution in [2.45, 2.75) is 27.1 Å². The van der Waals surface area contributed by atoms with E-state index in [1.54, 1.807) is 31.5 Å². The van der Waals surface area contributed by atoms with Crippen LogP contribution in [0.5, 0.6) is 11.5 Å². The highest BCUT2D eigenvalue weighted by molar-refractivity contribution is 6.30. The molecule has 0 bridgehead atoms. The maximum absolute atomic E-state index is 9.34. The van der Waals surface area contributed by atoms with Crippen LogP contribution in [0.4, 0.5) is 0 Å². The Balaban J connectivity index is 2.21. The molecule has 0 aliphatic heterocycles. The van der Waals surface area contributed by atoms with Gasteiger partial charge in [0.2, 0.25) is 0 Å². The fourth-order valence-corrected chi connectivity index (χ4v) is 2.37. The van der Waals surface area contributed by atoms with Gasteiger partial charge in [-0.25, -0.2) is 0 Å². The molecular weight excluding hydrogens is 290 g/mol. The highest BCUT2D eigenvalue weighted by Gasteiger charge is 2.11. The Labute approximate surface area is 129 Å². The lowest BCUT2D eigenvalue weighted by atomic mass is 10.1. The van der Waals surface area contributed by atoms with Crippen molar-refractivity contribution in [2.75, 3.05) is 7.11 Å². The van der Waals surface area contributed by atoms with Crippen molar-refractivity contribution in [2.24, 2.45) is 0 Å². The molecular formula is C16H18ClNO3. The number of hydrogen-bond donors (Lipinski definition) is 1. The Morgan fingerprint density at radius 1 is 1.29 bits per heavy atom. The lowest BCUT2D eigenvalue weighted by Gasteiger charge is -2.14. The molecule has 0 spiro atoms. The third-order valence-corrected chi connectivity index (χ3v) is 3.54. The average molecular weight is 308 g/mol. The monoisotopic (exact) mass is 307 g/mol. The van der Waals surface area contributed by atoms with Gasteiger partial charge in [0.1, 0.15) is 18.1 Å². The largest absolute Gasteiger partial charge is 0.496 e. The number of pyridine rings is 1. The molecule has 0 atom stereocenters. The van der Waals surface area contributed by atoms with Crippen LogP contribution in [0, 0.1) is 13.8 Å². The zero-order chi connectivity index (χ0) is 15.4. The number of aryl methyl sites for hydroxylation is 1. The second-order valence-corrected chi connectivity index (χ2v) is 5.18. The van der Waals surface area contributed by atoms with E-state index < -0.39 is 0 Å². The van der Waals surface area contributed by atoms with Crippen LogP contribution in [0.25, 0.3) is 0 Å². The number of aromatic nitrogens is 1. The molecule has 4 nitrogen and oxygen atoms in total. The number of halogens is 1. The number of methoxy groups -OCH3 is 1. The van der Waals surface area contributed by atoms with Crippen molar-refractivity contribution in [3.63, 3.8) is 0 Å². The summed E-state index contributed by atoms with van der Waals surface area (Å²) in [5.41, 5.74) is 3.40. The van der Waals surface area contributed by atoms with Gasteiger partial charge in [-0.05, 0) is 32.0 Å². The molecule has 0 radical (unpaired) electrons. The Bertz CT molecular complexity index is 644. The second kappa shape index (κ2) is 6.78. The van der Waals surface area contributed by atoms with E-state index in [2.05, 4.69) is 4.98 Å². The van der Waals surface area contributed by atoms with E-state index in [0.29, 0.717) is 22.9 Å². The number of hydrogen-bond acceptors (Lipinski definition) is 4. The minimum Gasteiger partial charge on any atom is -0.496 e. The van der Waals surface area contributed by atoms with E-state index >= 15 is 0 Å².